The maximum absolute atomic E-state index is 12.4. The van der Waals surface area contributed by atoms with Gasteiger partial charge in [-0.15, -0.1) is 0 Å². The molecule has 6 nitrogen and oxygen atoms in total. The smallest absolute Gasteiger partial charge is 0.274 e. The summed E-state index contributed by atoms with van der Waals surface area (Å²) in [5, 5.41) is 2.91. The predicted molar refractivity (Wildman–Crippen MR) is 98.0 cm³/mol. The molecule has 0 saturated carbocycles. The SMILES string of the molecule is Cc1ccc(NC(=O)c2ccc(N3CCN(C=O)CC3)cn2)c(C)c1. The Bertz CT molecular complexity index is 765. The van der Waals surface area contributed by atoms with Crippen molar-refractivity contribution in [3.63, 3.8) is 0 Å². The highest BCUT2D eigenvalue weighted by Crippen LogP contribution is 2.18. The van der Waals surface area contributed by atoms with Crippen LogP contribution in [-0.2, 0) is 4.79 Å². The van der Waals surface area contributed by atoms with Crippen LogP contribution in [0, 0.1) is 13.8 Å². The van der Waals surface area contributed by atoms with Gasteiger partial charge in [-0.2, -0.15) is 0 Å². The van der Waals surface area contributed by atoms with Crippen LogP contribution in [-0.4, -0.2) is 48.4 Å². The zero-order valence-electron chi connectivity index (χ0n) is 14.5. The zero-order chi connectivity index (χ0) is 17.8. The van der Waals surface area contributed by atoms with E-state index in [0.717, 1.165) is 42.0 Å². The number of anilines is 2. The normalized spacial score (nSPS) is 14.3. The Kier molecular flexibility index (Phi) is 4.97. The quantitative estimate of drug-likeness (QED) is 0.868. The van der Waals surface area contributed by atoms with Crippen LogP contribution in [0.4, 0.5) is 11.4 Å². The second-order valence-corrected chi connectivity index (χ2v) is 6.30. The minimum atomic E-state index is -0.218. The summed E-state index contributed by atoms with van der Waals surface area (Å²) in [6.45, 7) is 6.95. The van der Waals surface area contributed by atoms with Gasteiger partial charge in [-0.3, -0.25) is 9.59 Å². The van der Waals surface area contributed by atoms with Crippen LogP contribution in [0.2, 0.25) is 0 Å². The number of aromatic nitrogens is 1. The summed E-state index contributed by atoms with van der Waals surface area (Å²) in [6, 6.07) is 9.55. The molecule has 1 aliphatic rings. The van der Waals surface area contributed by atoms with Gasteiger partial charge in [0.25, 0.3) is 5.91 Å². The van der Waals surface area contributed by atoms with Gasteiger partial charge in [-0.25, -0.2) is 4.98 Å². The van der Waals surface area contributed by atoms with Crippen molar-refractivity contribution in [1.29, 1.82) is 0 Å². The van der Waals surface area contributed by atoms with E-state index in [2.05, 4.69) is 15.2 Å². The lowest BCUT2D eigenvalue weighted by Gasteiger charge is -2.33. The molecule has 1 fully saturated rings. The summed E-state index contributed by atoms with van der Waals surface area (Å²) in [5.74, 6) is -0.218. The second-order valence-electron chi connectivity index (χ2n) is 6.30. The molecule has 1 saturated heterocycles. The number of carbonyl (C=O) groups excluding carboxylic acids is 2. The molecule has 0 aliphatic carbocycles. The number of nitrogens with one attached hydrogen (secondary N) is 1. The number of rotatable bonds is 4. The summed E-state index contributed by atoms with van der Waals surface area (Å²) < 4.78 is 0. The number of benzene rings is 1. The minimum absolute atomic E-state index is 0.218. The van der Waals surface area contributed by atoms with E-state index in [9.17, 15) is 9.59 Å². The number of hydrogen-bond donors (Lipinski definition) is 1. The van der Waals surface area contributed by atoms with Gasteiger partial charge >= 0.3 is 0 Å². The highest BCUT2D eigenvalue weighted by molar-refractivity contribution is 6.03. The highest BCUT2D eigenvalue weighted by Gasteiger charge is 2.17. The number of carbonyl (C=O) groups is 2. The molecule has 2 amide bonds. The summed E-state index contributed by atoms with van der Waals surface area (Å²) >= 11 is 0. The lowest BCUT2D eigenvalue weighted by Crippen LogP contribution is -2.45. The van der Waals surface area contributed by atoms with Crippen LogP contribution < -0.4 is 10.2 Å². The molecule has 1 aromatic heterocycles. The number of aryl methyl sites for hydroxylation is 2. The zero-order valence-corrected chi connectivity index (χ0v) is 14.5. The summed E-state index contributed by atoms with van der Waals surface area (Å²) in [6.07, 6.45) is 2.60. The Morgan fingerprint density at radius 1 is 1.12 bits per heavy atom. The molecule has 3 rings (SSSR count). The summed E-state index contributed by atoms with van der Waals surface area (Å²) in [5.41, 5.74) is 4.33. The molecule has 0 spiro atoms. The number of pyridine rings is 1. The average molecular weight is 338 g/mol. The first kappa shape index (κ1) is 17.0. The van der Waals surface area contributed by atoms with Gasteiger partial charge in [-0.1, -0.05) is 17.7 Å². The lowest BCUT2D eigenvalue weighted by atomic mass is 10.1. The molecule has 1 N–H and O–H groups in total. The van der Waals surface area contributed by atoms with Crippen LogP contribution >= 0.6 is 0 Å². The molecule has 130 valence electrons. The molecule has 2 heterocycles. The molecule has 1 aromatic carbocycles. The molecule has 0 atom stereocenters. The van der Waals surface area contributed by atoms with Crippen molar-refractivity contribution in [2.45, 2.75) is 13.8 Å². The highest BCUT2D eigenvalue weighted by atomic mass is 16.2. The Balaban J connectivity index is 1.65. The first-order valence-corrected chi connectivity index (χ1v) is 8.36. The molecule has 6 heteroatoms. The molecule has 2 aromatic rings. The second kappa shape index (κ2) is 7.34. The van der Waals surface area contributed by atoms with Gasteiger partial charge in [0.15, 0.2) is 0 Å². The lowest BCUT2D eigenvalue weighted by molar-refractivity contribution is -0.118. The summed E-state index contributed by atoms with van der Waals surface area (Å²) in [4.78, 5) is 31.4. The van der Waals surface area contributed by atoms with Gasteiger partial charge in [0.1, 0.15) is 5.69 Å². The van der Waals surface area contributed by atoms with E-state index in [1.807, 2.05) is 38.1 Å². The van der Waals surface area contributed by atoms with Crippen molar-refractivity contribution in [3.05, 3.63) is 53.3 Å². The standard InChI is InChI=1S/C19H22N4O2/c1-14-3-5-17(15(2)11-14)21-19(25)18-6-4-16(12-20-18)23-9-7-22(13-24)8-10-23/h3-6,11-13H,7-10H2,1-2H3,(H,21,25). The van der Waals surface area contributed by atoms with Gasteiger partial charge < -0.3 is 15.1 Å². The molecule has 1 aliphatic heterocycles. The van der Waals surface area contributed by atoms with Crippen molar-refractivity contribution in [2.75, 3.05) is 36.4 Å². The number of nitrogens with zero attached hydrogens (tertiary/aromatic N) is 3. The molecule has 0 radical (unpaired) electrons. The molecule has 25 heavy (non-hydrogen) atoms. The number of amides is 2. The number of piperazine rings is 1. The van der Waals surface area contributed by atoms with E-state index < -0.39 is 0 Å². The van der Waals surface area contributed by atoms with Gasteiger partial charge in [-0.05, 0) is 37.6 Å². The molecule has 0 unspecified atom stereocenters. The van der Waals surface area contributed by atoms with Crippen LogP contribution in [0.15, 0.2) is 36.5 Å². The van der Waals surface area contributed by atoms with Gasteiger partial charge in [0.2, 0.25) is 6.41 Å². The van der Waals surface area contributed by atoms with E-state index in [-0.39, 0.29) is 5.91 Å². The first-order chi connectivity index (χ1) is 12.1. The van der Waals surface area contributed by atoms with Crippen LogP contribution in [0.5, 0.6) is 0 Å². The van der Waals surface area contributed by atoms with E-state index in [1.165, 1.54) is 0 Å². The number of hydrogen-bond acceptors (Lipinski definition) is 4. The van der Waals surface area contributed by atoms with Crippen LogP contribution in [0.3, 0.4) is 0 Å². The average Bonchev–Trinajstić information content (AvgIpc) is 2.64. The van der Waals surface area contributed by atoms with E-state index in [1.54, 1.807) is 17.2 Å². The minimum Gasteiger partial charge on any atom is -0.367 e. The maximum Gasteiger partial charge on any atom is 0.274 e. The van der Waals surface area contributed by atoms with Gasteiger partial charge in [0, 0.05) is 31.9 Å². The van der Waals surface area contributed by atoms with Crippen molar-refractivity contribution in [2.24, 2.45) is 0 Å². The third-order valence-electron chi connectivity index (χ3n) is 4.44. The fraction of sp³-hybridized carbons (Fsp3) is 0.316. The van der Waals surface area contributed by atoms with Crippen molar-refractivity contribution >= 4 is 23.7 Å². The third kappa shape index (κ3) is 3.96. The Morgan fingerprint density at radius 3 is 2.48 bits per heavy atom. The fourth-order valence-electron chi connectivity index (χ4n) is 2.93. The summed E-state index contributed by atoms with van der Waals surface area (Å²) in [7, 11) is 0. The molecular formula is C19H22N4O2. The van der Waals surface area contributed by atoms with E-state index in [0.29, 0.717) is 18.8 Å². The Hall–Kier alpha value is -2.89. The predicted octanol–water partition coefficient (Wildman–Crippen LogP) is 2.23. The monoisotopic (exact) mass is 338 g/mol. The largest absolute Gasteiger partial charge is 0.367 e. The Morgan fingerprint density at radius 2 is 1.88 bits per heavy atom. The van der Waals surface area contributed by atoms with Crippen molar-refractivity contribution in [3.8, 4) is 0 Å². The third-order valence-corrected chi connectivity index (χ3v) is 4.44. The maximum atomic E-state index is 12.4. The van der Waals surface area contributed by atoms with Crippen LogP contribution in [0.25, 0.3) is 0 Å². The Labute approximate surface area is 147 Å². The van der Waals surface area contributed by atoms with E-state index in [4.69, 9.17) is 0 Å². The van der Waals surface area contributed by atoms with Gasteiger partial charge in [0.05, 0.1) is 11.9 Å². The topological polar surface area (TPSA) is 65.5 Å². The van der Waals surface area contributed by atoms with E-state index >= 15 is 0 Å². The van der Waals surface area contributed by atoms with Crippen molar-refractivity contribution < 1.29 is 9.59 Å². The van der Waals surface area contributed by atoms with Crippen molar-refractivity contribution in [1.82, 2.24) is 9.88 Å². The van der Waals surface area contributed by atoms with Crippen LogP contribution in [0.1, 0.15) is 21.6 Å². The molecular weight excluding hydrogens is 316 g/mol. The molecule has 0 bridgehead atoms. The fourth-order valence-corrected chi connectivity index (χ4v) is 2.93. The first-order valence-electron chi connectivity index (χ1n) is 8.36.